The van der Waals surface area contributed by atoms with Crippen LogP contribution in [0, 0.1) is 56.1 Å². The Morgan fingerprint density at radius 1 is 0.655 bits per heavy atom. The fourth-order valence-electron chi connectivity index (χ4n) is 2.92. The zero-order valence-corrected chi connectivity index (χ0v) is 17.0. The maximum Gasteiger partial charge on any atom is 0.148 e. The number of benzene rings is 3. The van der Waals surface area contributed by atoms with Crippen molar-refractivity contribution in [2.24, 2.45) is 0 Å². The molecule has 141 valence electrons. The fraction of sp³-hybridized carbons (Fsp3) is 0.154. The van der Waals surface area contributed by atoms with Crippen molar-refractivity contribution in [3.05, 3.63) is 99.1 Å². The van der Waals surface area contributed by atoms with E-state index >= 15 is 0 Å². The van der Waals surface area contributed by atoms with Crippen LogP contribution in [0.5, 0.6) is 0 Å². The average Bonchev–Trinajstić information content (AvgIpc) is 2.71. The summed E-state index contributed by atoms with van der Waals surface area (Å²) in [6.07, 6.45) is 0. The van der Waals surface area contributed by atoms with Gasteiger partial charge in [0.1, 0.15) is 18.9 Å². The third-order valence-corrected chi connectivity index (χ3v) is 4.78. The minimum absolute atomic E-state index is 0.00590. The molecular formula is C26H20BF2. The molecule has 3 rings (SSSR count). The zero-order chi connectivity index (χ0) is 21.0. The third-order valence-electron chi connectivity index (χ3n) is 4.78. The third kappa shape index (κ3) is 4.95. The van der Waals surface area contributed by atoms with Gasteiger partial charge in [-0.25, -0.2) is 8.78 Å². The first-order valence-corrected chi connectivity index (χ1v) is 9.37. The molecular weight excluding hydrogens is 361 g/mol. The van der Waals surface area contributed by atoms with Gasteiger partial charge in [0.2, 0.25) is 0 Å². The molecule has 3 aromatic rings. The largest absolute Gasteiger partial charge is 0.207 e. The SMILES string of the molecule is C[B]c1cc(C)c(C#Cc2ccc(C#Cc3cc(F)c(C)c(F)c3)cc2)cc1C. The van der Waals surface area contributed by atoms with Gasteiger partial charge in [0, 0.05) is 27.8 Å². The molecule has 0 aliphatic carbocycles. The predicted molar refractivity (Wildman–Crippen MR) is 117 cm³/mol. The summed E-state index contributed by atoms with van der Waals surface area (Å²) in [5, 5.41) is 0. The van der Waals surface area contributed by atoms with Gasteiger partial charge in [0.05, 0.1) is 0 Å². The second-order valence-corrected chi connectivity index (χ2v) is 6.95. The molecule has 0 nitrogen and oxygen atoms in total. The Hall–Kier alpha value is -3.30. The van der Waals surface area contributed by atoms with E-state index in [2.05, 4.69) is 56.9 Å². The second-order valence-electron chi connectivity index (χ2n) is 6.95. The Kier molecular flexibility index (Phi) is 6.21. The highest BCUT2D eigenvalue weighted by atomic mass is 19.1. The standard InChI is InChI=1S/C26H20BF2/c1-17-14-24(27-4)18(2)13-23(17)12-11-21-7-5-20(6-8-21)9-10-22-15-25(28)19(3)26(29)16-22/h5-8,13-16H,1-4H3. The molecule has 0 aromatic heterocycles. The van der Waals surface area contributed by atoms with Crippen LogP contribution in [0.2, 0.25) is 6.82 Å². The van der Waals surface area contributed by atoms with E-state index in [-0.39, 0.29) is 5.56 Å². The molecule has 3 heteroatoms. The molecule has 1 radical (unpaired) electrons. The van der Waals surface area contributed by atoms with Crippen molar-refractivity contribution >= 4 is 12.7 Å². The molecule has 0 spiro atoms. The van der Waals surface area contributed by atoms with Crippen molar-refractivity contribution in [3.63, 3.8) is 0 Å². The Balaban J connectivity index is 1.79. The average molecular weight is 381 g/mol. The Labute approximate surface area is 172 Å². The first kappa shape index (κ1) is 20.4. The summed E-state index contributed by atoms with van der Waals surface area (Å²) in [5.74, 6) is 11.0. The maximum atomic E-state index is 13.6. The summed E-state index contributed by atoms with van der Waals surface area (Å²) in [6.45, 7) is 7.58. The van der Waals surface area contributed by atoms with Crippen LogP contribution in [0.1, 0.15) is 38.9 Å². The lowest BCUT2D eigenvalue weighted by molar-refractivity contribution is 0.567. The van der Waals surface area contributed by atoms with E-state index in [9.17, 15) is 8.78 Å². The number of hydrogen-bond acceptors (Lipinski definition) is 0. The molecule has 0 saturated heterocycles. The maximum absolute atomic E-state index is 13.6. The van der Waals surface area contributed by atoms with Crippen LogP contribution in [0.4, 0.5) is 8.78 Å². The van der Waals surface area contributed by atoms with Crippen molar-refractivity contribution < 1.29 is 8.78 Å². The van der Waals surface area contributed by atoms with Crippen LogP contribution in [-0.4, -0.2) is 7.28 Å². The first-order valence-electron chi connectivity index (χ1n) is 9.37. The van der Waals surface area contributed by atoms with Gasteiger partial charge in [-0.3, -0.25) is 0 Å². The Morgan fingerprint density at radius 3 is 1.72 bits per heavy atom. The van der Waals surface area contributed by atoms with Crippen molar-refractivity contribution in [2.45, 2.75) is 27.6 Å². The smallest absolute Gasteiger partial charge is 0.148 e. The topological polar surface area (TPSA) is 0 Å². The van der Waals surface area contributed by atoms with Crippen molar-refractivity contribution in [2.75, 3.05) is 0 Å². The summed E-state index contributed by atoms with van der Waals surface area (Å²) >= 11 is 0. The van der Waals surface area contributed by atoms with Crippen molar-refractivity contribution in [3.8, 4) is 23.7 Å². The van der Waals surface area contributed by atoms with Crippen LogP contribution in [0.15, 0.2) is 48.5 Å². The number of rotatable bonds is 1. The highest BCUT2D eigenvalue weighted by Crippen LogP contribution is 2.14. The fourth-order valence-corrected chi connectivity index (χ4v) is 2.92. The lowest BCUT2D eigenvalue weighted by Crippen LogP contribution is -2.15. The van der Waals surface area contributed by atoms with Gasteiger partial charge in [-0.15, -0.1) is 0 Å². The lowest BCUT2D eigenvalue weighted by Gasteiger charge is -2.06. The summed E-state index contributed by atoms with van der Waals surface area (Å²) in [7, 11) is 2.10. The van der Waals surface area contributed by atoms with Gasteiger partial charge < -0.3 is 0 Å². The molecule has 0 N–H and O–H groups in total. The summed E-state index contributed by atoms with van der Waals surface area (Å²) in [4.78, 5) is 0. The normalized spacial score (nSPS) is 9.86. The van der Waals surface area contributed by atoms with Gasteiger partial charge in [-0.1, -0.05) is 47.6 Å². The van der Waals surface area contributed by atoms with Crippen LogP contribution in [-0.2, 0) is 0 Å². The summed E-state index contributed by atoms with van der Waals surface area (Å²) < 4.78 is 27.2. The van der Waals surface area contributed by atoms with Crippen LogP contribution < -0.4 is 5.46 Å². The number of halogens is 2. The van der Waals surface area contributed by atoms with Crippen LogP contribution >= 0.6 is 0 Å². The van der Waals surface area contributed by atoms with E-state index in [1.165, 1.54) is 30.1 Å². The van der Waals surface area contributed by atoms with E-state index in [0.29, 0.717) is 5.56 Å². The quantitative estimate of drug-likeness (QED) is 0.408. The zero-order valence-electron chi connectivity index (χ0n) is 17.0. The molecule has 0 atom stereocenters. The van der Waals surface area contributed by atoms with Gasteiger partial charge in [0.15, 0.2) is 0 Å². The monoisotopic (exact) mass is 381 g/mol. The van der Waals surface area contributed by atoms with E-state index < -0.39 is 11.6 Å². The molecule has 0 heterocycles. The van der Waals surface area contributed by atoms with Gasteiger partial charge in [0.25, 0.3) is 0 Å². The van der Waals surface area contributed by atoms with Crippen LogP contribution in [0.25, 0.3) is 0 Å². The van der Waals surface area contributed by atoms with Crippen molar-refractivity contribution in [1.29, 1.82) is 0 Å². The Bertz CT molecular complexity index is 1160. The van der Waals surface area contributed by atoms with Gasteiger partial charge >= 0.3 is 0 Å². The molecule has 0 amide bonds. The Morgan fingerprint density at radius 2 is 1.17 bits per heavy atom. The van der Waals surface area contributed by atoms with Gasteiger partial charge in [-0.05, 0) is 68.8 Å². The number of aryl methyl sites for hydroxylation is 2. The first-order chi connectivity index (χ1) is 13.9. The molecule has 0 saturated carbocycles. The minimum Gasteiger partial charge on any atom is -0.207 e. The molecule has 0 aliphatic rings. The van der Waals surface area contributed by atoms with E-state index in [1.54, 1.807) is 0 Å². The van der Waals surface area contributed by atoms with E-state index in [4.69, 9.17) is 0 Å². The van der Waals surface area contributed by atoms with Crippen LogP contribution in [0.3, 0.4) is 0 Å². The summed E-state index contributed by atoms with van der Waals surface area (Å²) in [5.41, 5.74) is 6.55. The highest BCUT2D eigenvalue weighted by Gasteiger charge is 2.05. The molecule has 0 unspecified atom stereocenters. The predicted octanol–water partition coefficient (Wildman–Crippen LogP) is 5.07. The molecule has 0 bridgehead atoms. The number of hydrogen-bond donors (Lipinski definition) is 0. The van der Waals surface area contributed by atoms with Crippen molar-refractivity contribution in [1.82, 2.24) is 0 Å². The molecule has 29 heavy (non-hydrogen) atoms. The minimum atomic E-state index is -0.588. The highest BCUT2D eigenvalue weighted by molar-refractivity contribution is 6.52. The molecule has 0 aliphatic heterocycles. The summed E-state index contributed by atoms with van der Waals surface area (Å²) in [6, 6.07) is 14.2. The van der Waals surface area contributed by atoms with Gasteiger partial charge in [-0.2, -0.15) is 0 Å². The molecule has 3 aromatic carbocycles. The lowest BCUT2D eigenvalue weighted by atomic mass is 9.70. The van der Waals surface area contributed by atoms with E-state index in [0.717, 1.165) is 22.3 Å². The second kappa shape index (κ2) is 8.81. The van der Waals surface area contributed by atoms with E-state index in [1.807, 2.05) is 31.1 Å². The molecule has 0 fully saturated rings.